The Bertz CT molecular complexity index is 128. The third-order valence-corrected chi connectivity index (χ3v) is 3.89. The molecular weight excluding hydrogens is 182 g/mol. The van der Waals surface area contributed by atoms with Crippen molar-refractivity contribution in [1.29, 1.82) is 0 Å². The number of hydrogen-bond donors (Lipinski definition) is 0. The van der Waals surface area contributed by atoms with E-state index in [-0.39, 0.29) is 0 Å². The van der Waals surface area contributed by atoms with E-state index >= 15 is 0 Å². The summed E-state index contributed by atoms with van der Waals surface area (Å²) < 4.78 is 0. The molecule has 1 heteroatoms. The lowest BCUT2D eigenvalue weighted by Gasteiger charge is -2.24. The monoisotopic (exact) mass is 211 g/mol. The Hall–Kier alpha value is -0.0400. The normalized spacial score (nSPS) is 28.8. The molecule has 1 aliphatic rings. The van der Waals surface area contributed by atoms with Crippen LogP contribution in [-0.2, 0) is 0 Å². The van der Waals surface area contributed by atoms with Gasteiger partial charge in [0.25, 0.3) is 0 Å². The molecule has 0 aliphatic carbocycles. The maximum atomic E-state index is 2.55. The third-order valence-electron chi connectivity index (χ3n) is 3.89. The molecular formula is C14H29N. The minimum atomic E-state index is 0.797. The van der Waals surface area contributed by atoms with Crippen molar-refractivity contribution in [1.82, 2.24) is 4.90 Å². The van der Waals surface area contributed by atoms with Gasteiger partial charge < -0.3 is 4.90 Å². The standard InChI is InChI=1S/C14H29N/c1-14-12-10-8-6-4-3-5-7-9-11-13-15(14)2/h14H,3-13H2,1-2H3. The van der Waals surface area contributed by atoms with Gasteiger partial charge in [0.15, 0.2) is 0 Å². The van der Waals surface area contributed by atoms with E-state index in [1.165, 1.54) is 70.8 Å². The Balaban J connectivity index is 2.24. The molecule has 1 saturated heterocycles. The van der Waals surface area contributed by atoms with Crippen molar-refractivity contribution in [2.45, 2.75) is 77.2 Å². The highest BCUT2D eigenvalue weighted by molar-refractivity contribution is 4.64. The lowest BCUT2D eigenvalue weighted by atomic mass is 10.1. The van der Waals surface area contributed by atoms with Crippen LogP contribution in [0.4, 0.5) is 0 Å². The topological polar surface area (TPSA) is 3.24 Å². The Kier molecular flexibility index (Phi) is 7.08. The van der Waals surface area contributed by atoms with Crippen LogP contribution in [0.15, 0.2) is 0 Å². The molecule has 1 aliphatic heterocycles. The number of hydrogen-bond acceptors (Lipinski definition) is 1. The van der Waals surface area contributed by atoms with Gasteiger partial charge in [0.05, 0.1) is 0 Å². The highest BCUT2D eigenvalue weighted by Crippen LogP contribution is 2.15. The summed E-state index contributed by atoms with van der Waals surface area (Å²) in [6.45, 7) is 3.70. The van der Waals surface area contributed by atoms with Gasteiger partial charge in [0, 0.05) is 6.04 Å². The molecule has 0 N–H and O–H groups in total. The second-order valence-corrected chi connectivity index (χ2v) is 5.30. The summed E-state index contributed by atoms with van der Waals surface area (Å²) in [6, 6.07) is 0.797. The molecule has 1 atom stereocenters. The van der Waals surface area contributed by atoms with Crippen LogP contribution >= 0.6 is 0 Å². The molecule has 1 unspecified atom stereocenters. The van der Waals surface area contributed by atoms with Crippen LogP contribution < -0.4 is 0 Å². The van der Waals surface area contributed by atoms with Crippen LogP contribution in [0.3, 0.4) is 0 Å². The molecule has 0 bridgehead atoms. The van der Waals surface area contributed by atoms with Gasteiger partial charge in [-0.05, 0) is 33.4 Å². The Labute approximate surface area is 96.2 Å². The molecule has 0 spiro atoms. The summed E-state index contributed by atoms with van der Waals surface area (Å²) in [7, 11) is 2.30. The molecule has 15 heavy (non-hydrogen) atoms. The molecule has 0 aromatic heterocycles. The van der Waals surface area contributed by atoms with Gasteiger partial charge in [-0.3, -0.25) is 0 Å². The van der Waals surface area contributed by atoms with Crippen molar-refractivity contribution >= 4 is 0 Å². The van der Waals surface area contributed by atoms with Crippen molar-refractivity contribution in [3.05, 3.63) is 0 Å². The average Bonchev–Trinajstić information content (AvgIpc) is 2.25. The van der Waals surface area contributed by atoms with Gasteiger partial charge in [-0.2, -0.15) is 0 Å². The van der Waals surface area contributed by atoms with Crippen LogP contribution in [0, 0.1) is 0 Å². The first kappa shape index (κ1) is 13.0. The van der Waals surface area contributed by atoms with Crippen molar-refractivity contribution in [3.63, 3.8) is 0 Å². The molecule has 0 aromatic carbocycles. The van der Waals surface area contributed by atoms with Gasteiger partial charge in [0.2, 0.25) is 0 Å². The molecule has 0 amide bonds. The Morgan fingerprint density at radius 1 is 0.733 bits per heavy atom. The number of rotatable bonds is 0. The van der Waals surface area contributed by atoms with Crippen molar-refractivity contribution in [3.8, 4) is 0 Å². The van der Waals surface area contributed by atoms with E-state index in [0.717, 1.165) is 6.04 Å². The zero-order chi connectivity index (χ0) is 10.9. The molecule has 1 rings (SSSR count). The largest absolute Gasteiger partial charge is 0.304 e. The second-order valence-electron chi connectivity index (χ2n) is 5.30. The zero-order valence-corrected chi connectivity index (χ0v) is 10.8. The van der Waals surface area contributed by atoms with E-state index in [9.17, 15) is 0 Å². The van der Waals surface area contributed by atoms with Crippen molar-refractivity contribution < 1.29 is 0 Å². The Morgan fingerprint density at radius 2 is 1.20 bits per heavy atom. The maximum Gasteiger partial charge on any atom is 0.00638 e. The van der Waals surface area contributed by atoms with Gasteiger partial charge >= 0.3 is 0 Å². The lowest BCUT2D eigenvalue weighted by Crippen LogP contribution is -2.29. The first-order valence-corrected chi connectivity index (χ1v) is 7.01. The molecule has 0 radical (unpaired) electrons. The van der Waals surface area contributed by atoms with Crippen LogP contribution in [-0.4, -0.2) is 24.5 Å². The van der Waals surface area contributed by atoms with Crippen LogP contribution in [0.5, 0.6) is 0 Å². The van der Waals surface area contributed by atoms with Gasteiger partial charge in [-0.1, -0.05) is 51.4 Å². The smallest absolute Gasteiger partial charge is 0.00638 e. The van der Waals surface area contributed by atoms with E-state index in [2.05, 4.69) is 18.9 Å². The molecule has 0 aromatic rings. The fourth-order valence-electron chi connectivity index (χ4n) is 2.48. The predicted molar refractivity (Wildman–Crippen MR) is 68.3 cm³/mol. The molecule has 1 heterocycles. The van der Waals surface area contributed by atoms with Gasteiger partial charge in [-0.25, -0.2) is 0 Å². The van der Waals surface area contributed by atoms with Crippen LogP contribution in [0.1, 0.15) is 71.1 Å². The summed E-state index contributed by atoms with van der Waals surface area (Å²) in [5, 5.41) is 0. The van der Waals surface area contributed by atoms with Crippen LogP contribution in [0.25, 0.3) is 0 Å². The minimum absolute atomic E-state index is 0.797. The summed E-state index contributed by atoms with van der Waals surface area (Å²) in [4.78, 5) is 2.55. The van der Waals surface area contributed by atoms with Crippen LogP contribution in [0.2, 0.25) is 0 Å². The number of nitrogens with zero attached hydrogens (tertiary/aromatic N) is 1. The zero-order valence-electron chi connectivity index (χ0n) is 10.8. The summed E-state index contributed by atoms with van der Waals surface area (Å²) >= 11 is 0. The Morgan fingerprint density at radius 3 is 1.80 bits per heavy atom. The summed E-state index contributed by atoms with van der Waals surface area (Å²) in [6.07, 6.45) is 14.5. The van der Waals surface area contributed by atoms with E-state index in [4.69, 9.17) is 0 Å². The lowest BCUT2D eigenvalue weighted by molar-refractivity contribution is 0.237. The summed E-state index contributed by atoms with van der Waals surface area (Å²) in [5.41, 5.74) is 0. The average molecular weight is 211 g/mol. The van der Waals surface area contributed by atoms with Crippen molar-refractivity contribution in [2.75, 3.05) is 13.6 Å². The fourth-order valence-corrected chi connectivity index (χ4v) is 2.48. The second kappa shape index (κ2) is 8.15. The van der Waals surface area contributed by atoms with E-state index in [0.29, 0.717) is 0 Å². The molecule has 0 saturated carbocycles. The van der Waals surface area contributed by atoms with E-state index < -0.39 is 0 Å². The SMILES string of the molecule is CC1CCCCCCCCCCCN1C. The molecule has 1 nitrogen and oxygen atoms in total. The van der Waals surface area contributed by atoms with E-state index in [1.54, 1.807) is 0 Å². The van der Waals surface area contributed by atoms with E-state index in [1.807, 2.05) is 0 Å². The highest BCUT2D eigenvalue weighted by atomic mass is 15.1. The molecule has 1 fully saturated rings. The van der Waals surface area contributed by atoms with Gasteiger partial charge in [-0.15, -0.1) is 0 Å². The van der Waals surface area contributed by atoms with Gasteiger partial charge in [0.1, 0.15) is 0 Å². The van der Waals surface area contributed by atoms with Crippen molar-refractivity contribution in [2.24, 2.45) is 0 Å². The summed E-state index contributed by atoms with van der Waals surface area (Å²) in [5.74, 6) is 0. The predicted octanol–water partition coefficient (Wildman–Crippen LogP) is 4.22. The maximum absolute atomic E-state index is 2.55. The first-order chi connectivity index (χ1) is 7.30. The minimum Gasteiger partial charge on any atom is -0.304 e. The quantitative estimate of drug-likeness (QED) is 0.580. The third kappa shape index (κ3) is 6.19. The highest BCUT2D eigenvalue weighted by Gasteiger charge is 2.08. The molecule has 90 valence electrons. The first-order valence-electron chi connectivity index (χ1n) is 7.01. The fraction of sp³-hybridized carbons (Fsp3) is 1.00.